The molecule has 0 aliphatic rings. The van der Waals surface area contributed by atoms with Crippen LogP contribution in [0.1, 0.15) is 50.2 Å². The molecule has 1 unspecified atom stereocenters. The van der Waals surface area contributed by atoms with Gasteiger partial charge in [-0.25, -0.2) is 4.98 Å². The molecule has 0 saturated heterocycles. The summed E-state index contributed by atoms with van der Waals surface area (Å²) >= 11 is 1.69. The predicted molar refractivity (Wildman–Crippen MR) is 90.3 cm³/mol. The summed E-state index contributed by atoms with van der Waals surface area (Å²) in [6.07, 6.45) is 0. The number of nitrogens with zero attached hydrogens (tertiary/aromatic N) is 1. The molecule has 4 heteroatoms. The summed E-state index contributed by atoms with van der Waals surface area (Å²) < 4.78 is 5.77. The van der Waals surface area contributed by atoms with Gasteiger partial charge in [0, 0.05) is 10.9 Å². The Kier molecular flexibility index (Phi) is 5.37. The lowest BCUT2D eigenvalue weighted by molar-refractivity contribution is 0.341. The first-order valence-electron chi connectivity index (χ1n) is 7.46. The largest absolute Gasteiger partial charge is 0.493 e. The van der Waals surface area contributed by atoms with Crippen LogP contribution in [0, 0.1) is 0 Å². The fourth-order valence-electron chi connectivity index (χ4n) is 2.12. The SMILES string of the molecule is CCOc1ccc(C(C)C)cc1-c1csc(C(C)NC)n1. The smallest absolute Gasteiger partial charge is 0.128 e. The molecule has 0 aliphatic carbocycles. The van der Waals surface area contributed by atoms with Crippen LogP contribution < -0.4 is 10.1 Å². The first kappa shape index (κ1) is 16.0. The maximum absolute atomic E-state index is 5.77. The first-order chi connectivity index (χ1) is 10.1. The fourth-order valence-corrected chi connectivity index (χ4v) is 3.01. The molecular weight excluding hydrogens is 280 g/mol. The number of rotatable bonds is 6. The minimum absolute atomic E-state index is 0.271. The van der Waals surface area contributed by atoms with Crippen LogP contribution in [-0.2, 0) is 0 Å². The summed E-state index contributed by atoms with van der Waals surface area (Å²) in [4.78, 5) is 4.77. The van der Waals surface area contributed by atoms with Gasteiger partial charge in [-0.2, -0.15) is 0 Å². The van der Waals surface area contributed by atoms with Gasteiger partial charge < -0.3 is 10.1 Å². The van der Waals surface area contributed by atoms with Gasteiger partial charge in [0.1, 0.15) is 10.8 Å². The van der Waals surface area contributed by atoms with Crippen LogP contribution in [-0.4, -0.2) is 18.6 Å². The predicted octanol–water partition coefficient (Wildman–Crippen LogP) is 4.61. The third-order valence-corrected chi connectivity index (χ3v) is 4.60. The van der Waals surface area contributed by atoms with E-state index in [1.807, 2.05) is 14.0 Å². The third kappa shape index (κ3) is 3.63. The molecule has 3 nitrogen and oxygen atoms in total. The highest BCUT2D eigenvalue weighted by Gasteiger charge is 2.14. The summed E-state index contributed by atoms with van der Waals surface area (Å²) in [5, 5.41) is 6.45. The van der Waals surface area contributed by atoms with Crippen LogP contribution in [0.4, 0.5) is 0 Å². The van der Waals surface area contributed by atoms with Crippen LogP contribution in [0.15, 0.2) is 23.6 Å². The number of thiazole rings is 1. The molecule has 2 rings (SSSR count). The maximum Gasteiger partial charge on any atom is 0.128 e. The topological polar surface area (TPSA) is 34.1 Å². The van der Waals surface area contributed by atoms with Crippen LogP contribution in [0.2, 0.25) is 0 Å². The average Bonchev–Trinajstić information content (AvgIpc) is 2.96. The van der Waals surface area contributed by atoms with Crippen molar-refractivity contribution in [2.24, 2.45) is 0 Å². The number of hydrogen-bond donors (Lipinski definition) is 1. The van der Waals surface area contributed by atoms with Crippen molar-refractivity contribution >= 4 is 11.3 Å². The quantitative estimate of drug-likeness (QED) is 0.846. The second-order valence-electron chi connectivity index (χ2n) is 5.42. The highest BCUT2D eigenvalue weighted by molar-refractivity contribution is 7.10. The van der Waals surface area contributed by atoms with Gasteiger partial charge in [-0.1, -0.05) is 19.9 Å². The molecule has 114 valence electrons. The summed E-state index contributed by atoms with van der Waals surface area (Å²) in [5.74, 6) is 1.41. The Morgan fingerprint density at radius 2 is 2.05 bits per heavy atom. The van der Waals surface area contributed by atoms with E-state index in [4.69, 9.17) is 9.72 Å². The van der Waals surface area contributed by atoms with Gasteiger partial charge in [0.2, 0.25) is 0 Å². The normalized spacial score (nSPS) is 12.7. The van der Waals surface area contributed by atoms with Crippen molar-refractivity contribution in [1.29, 1.82) is 0 Å². The maximum atomic E-state index is 5.77. The lowest BCUT2D eigenvalue weighted by Gasteiger charge is -2.13. The summed E-state index contributed by atoms with van der Waals surface area (Å²) in [6, 6.07) is 6.68. The van der Waals surface area contributed by atoms with Crippen molar-refractivity contribution in [2.45, 2.75) is 39.7 Å². The van der Waals surface area contributed by atoms with Gasteiger partial charge in [0.25, 0.3) is 0 Å². The van der Waals surface area contributed by atoms with Crippen molar-refractivity contribution in [1.82, 2.24) is 10.3 Å². The molecule has 2 aromatic rings. The van der Waals surface area contributed by atoms with E-state index >= 15 is 0 Å². The summed E-state index contributed by atoms with van der Waals surface area (Å²) in [6.45, 7) is 9.20. The van der Waals surface area contributed by atoms with Gasteiger partial charge in [0.05, 0.1) is 18.3 Å². The Hall–Kier alpha value is -1.39. The molecule has 0 spiro atoms. The van der Waals surface area contributed by atoms with E-state index in [2.05, 4.69) is 49.7 Å². The van der Waals surface area contributed by atoms with Crippen molar-refractivity contribution in [2.75, 3.05) is 13.7 Å². The van der Waals surface area contributed by atoms with Gasteiger partial charge in [-0.3, -0.25) is 0 Å². The van der Waals surface area contributed by atoms with E-state index in [9.17, 15) is 0 Å². The van der Waals surface area contributed by atoms with E-state index in [-0.39, 0.29) is 6.04 Å². The van der Waals surface area contributed by atoms with Crippen LogP contribution in [0.5, 0.6) is 5.75 Å². The van der Waals surface area contributed by atoms with Crippen molar-refractivity contribution in [3.8, 4) is 17.0 Å². The number of benzene rings is 1. The van der Waals surface area contributed by atoms with Gasteiger partial charge in [-0.15, -0.1) is 11.3 Å². The first-order valence-corrected chi connectivity index (χ1v) is 8.34. The van der Waals surface area contributed by atoms with E-state index in [1.54, 1.807) is 11.3 Å². The third-order valence-electron chi connectivity index (χ3n) is 3.57. The van der Waals surface area contributed by atoms with Crippen molar-refractivity contribution in [3.05, 3.63) is 34.2 Å². The molecule has 0 saturated carbocycles. The molecule has 1 atom stereocenters. The number of nitrogens with one attached hydrogen (secondary N) is 1. The van der Waals surface area contributed by atoms with Crippen LogP contribution in [0.25, 0.3) is 11.3 Å². The molecule has 0 radical (unpaired) electrons. The van der Waals surface area contributed by atoms with E-state index in [0.717, 1.165) is 22.0 Å². The van der Waals surface area contributed by atoms with Gasteiger partial charge in [0.15, 0.2) is 0 Å². The second-order valence-corrected chi connectivity index (χ2v) is 6.31. The monoisotopic (exact) mass is 304 g/mol. The van der Waals surface area contributed by atoms with Crippen molar-refractivity contribution < 1.29 is 4.74 Å². The molecule has 0 aliphatic heterocycles. The number of ether oxygens (including phenoxy) is 1. The Balaban J connectivity index is 2.44. The fraction of sp³-hybridized carbons (Fsp3) is 0.471. The minimum Gasteiger partial charge on any atom is -0.493 e. The number of hydrogen-bond acceptors (Lipinski definition) is 4. The van der Waals surface area contributed by atoms with Crippen LogP contribution >= 0.6 is 11.3 Å². The average molecular weight is 304 g/mol. The zero-order valence-electron chi connectivity index (χ0n) is 13.4. The Morgan fingerprint density at radius 1 is 1.29 bits per heavy atom. The molecule has 1 aromatic heterocycles. The molecule has 0 bridgehead atoms. The minimum atomic E-state index is 0.271. The molecule has 21 heavy (non-hydrogen) atoms. The highest BCUT2D eigenvalue weighted by atomic mass is 32.1. The van der Waals surface area contributed by atoms with Crippen LogP contribution in [0.3, 0.4) is 0 Å². The van der Waals surface area contributed by atoms with Gasteiger partial charge in [-0.05, 0) is 44.5 Å². The van der Waals surface area contributed by atoms with Crippen molar-refractivity contribution in [3.63, 3.8) is 0 Å². The zero-order chi connectivity index (χ0) is 15.4. The molecule has 0 fully saturated rings. The Morgan fingerprint density at radius 3 is 2.67 bits per heavy atom. The zero-order valence-corrected chi connectivity index (χ0v) is 14.3. The molecule has 1 aromatic carbocycles. The van der Waals surface area contributed by atoms with E-state index in [0.29, 0.717) is 12.5 Å². The lowest BCUT2D eigenvalue weighted by atomic mass is 9.99. The lowest BCUT2D eigenvalue weighted by Crippen LogP contribution is -2.11. The Bertz CT molecular complexity index is 592. The Labute approximate surface area is 131 Å². The molecule has 1 N–H and O–H groups in total. The standard InChI is InChI=1S/C17H24N2OS/c1-6-20-16-8-7-13(11(2)3)9-14(16)15-10-21-17(19-15)12(4)18-5/h7-12,18H,6H2,1-5H3. The summed E-state index contributed by atoms with van der Waals surface area (Å²) in [5.41, 5.74) is 3.40. The molecule has 1 heterocycles. The highest BCUT2D eigenvalue weighted by Crippen LogP contribution is 2.34. The van der Waals surface area contributed by atoms with E-state index in [1.165, 1.54) is 5.56 Å². The number of aromatic nitrogens is 1. The summed E-state index contributed by atoms with van der Waals surface area (Å²) in [7, 11) is 1.96. The van der Waals surface area contributed by atoms with E-state index < -0.39 is 0 Å². The van der Waals surface area contributed by atoms with Gasteiger partial charge >= 0.3 is 0 Å². The molecule has 0 amide bonds. The second kappa shape index (κ2) is 7.05. The molecular formula is C17H24N2OS.